The topological polar surface area (TPSA) is 86.5 Å². The van der Waals surface area contributed by atoms with Crippen molar-refractivity contribution in [2.75, 3.05) is 31.6 Å². The zero-order valence-electron chi connectivity index (χ0n) is 16.7. The Hall–Kier alpha value is -2.09. The highest BCUT2D eigenvalue weighted by molar-refractivity contribution is 5.99. The van der Waals surface area contributed by atoms with E-state index in [1.807, 2.05) is 18.2 Å². The van der Waals surface area contributed by atoms with Gasteiger partial charge in [-0.1, -0.05) is 6.42 Å². The van der Waals surface area contributed by atoms with Crippen molar-refractivity contribution in [3.63, 3.8) is 0 Å². The average Bonchev–Trinajstić information content (AvgIpc) is 3.36. The number of amides is 1. The summed E-state index contributed by atoms with van der Waals surface area (Å²) in [4.78, 5) is 30.3. The van der Waals surface area contributed by atoms with Gasteiger partial charge in [-0.15, -0.1) is 12.4 Å². The minimum absolute atomic E-state index is 0. The molecule has 4 rings (SSSR count). The number of H-pyrrole nitrogens is 1. The predicted molar refractivity (Wildman–Crippen MR) is 116 cm³/mol. The number of carbonyl (C=O) groups excluding carboxylic acids is 2. The van der Waals surface area contributed by atoms with E-state index in [1.165, 1.54) is 19.3 Å². The van der Waals surface area contributed by atoms with Crippen molar-refractivity contribution in [2.24, 2.45) is 0 Å². The van der Waals surface area contributed by atoms with Crippen molar-refractivity contribution in [1.82, 2.24) is 15.2 Å². The van der Waals surface area contributed by atoms with Crippen LogP contribution in [0.5, 0.6) is 0 Å². The third kappa shape index (κ3) is 4.74. The van der Waals surface area contributed by atoms with E-state index in [4.69, 9.17) is 4.74 Å². The van der Waals surface area contributed by atoms with Gasteiger partial charge in [0.15, 0.2) is 0 Å². The molecule has 2 saturated heterocycles. The Labute approximate surface area is 177 Å². The van der Waals surface area contributed by atoms with E-state index in [9.17, 15) is 9.59 Å². The number of fused-ring (bicyclic) bond motifs is 1. The van der Waals surface area contributed by atoms with Crippen LogP contribution in [0.4, 0.5) is 5.69 Å². The molecule has 3 heterocycles. The van der Waals surface area contributed by atoms with Gasteiger partial charge in [-0.25, -0.2) is 4.79 Å². The first-order valence-electron chi connectivity index (χ1n) is 10.2. The average molecular weight is 421 g/mol. The van der Waals surface area contributed by atoms with Gasteiger partial charge in [0, 0.05) is 22.6 Å². The van der Waals surface area contributed by atoms with Gasteiger partial charge in [0.25, 0.3) is 0 Å². The lowest BCUT2D eigenvalue weighted by Crippen LogP contribution is -2.51. The van der Waals surface area contributed by atoms with Crippen molar-refractivity contribution in [1.29, 1.82) is 0 Å². The van der Waals surface area contributed by atoms with Crippen LogP contribution < -0.4 is 10.6 Å². The number of carbonyl (C=O) groups is 2. The van der Waals surface area contributed by atoms with E-state index in [0.717, 1.165) is 42.6 Å². The van der Waals surface area contributed by atoms with Gasteiger partial charge in [-0.2, -0.15) is 0 Å². The third-order valence-corrected chi connectivity index (χ3v) is 5.71. The lowest BCUT2D eigenvalue weighted by Gasteiger charge is -2.34. The lowest BCUT2D eigenvalue weighted by atomic mass is 10.0. The fourth-order valence-corrected chi connectivity index (χ4v) is 4.35. The number of hydrogen-bond acceptors (Lipinski definition) is 5. The number of aromatic amines is 1. The quantitative estimate of drug-likeness (QED) is 0.647. The maximum absolute atomic E-state index is 12.9. The fraction of sp³-hybridized carbons (Fsp3) is 0.524. The smallest absolute Gasteiger partial charge is 0.354 e. The summed E-state index contributed by atoms with van der Waals surface area (Å²) < 4.78 is 5.04. The van der Waals surface area contributed by atoms with Crippen LogP contribution in [0.1, 0.15) is 43.1 Å². The van der Waals surface area contributed by atoms with E-state index in [2.05, 4.69) is 20.5 Å². The third-order valence-electron chi connectivity index (χ3n) is 5.71. The number of esters is 1. The Morgan fingerprint density at radius 1 is 1.21 bits per heavy atom. The molecule has 2 aliphatic rings. The summed E-state index contributed by atoms with van der Waals surface area (Å²) >= 11 is 0. The summed E-state index contributed by atoms with van der Waals surface area (Å²) in [5.74, 6) is -0.364. The van der Waals surface area contributed by atoms with Crippen LogP contribution in [0.15, 0.2) is 24.3 Å². The monoisotopic (exact) mass is 420 g/mol. The number of halogens is 1. The number of piperidine rings is 1. The van der Waals surface area contributed by atoms with Crippen LogP contribution in [-0.2, 0) is 9.53 Å². The minimum Gasteiger partial charge on any atom is -0.461 e. The molecule has 2 atom stereocenters. The summed E-state index contributed by atoms with van der Waals surface area (Å²) in [6.07, 6.45) is 4.74. The number of nitrogens with zero attached hydrogens (tertiary/aromatic N) is 1. The Bertz CT molecular complexity index is 863. The second-order valence-electron chi connectivity index (χ2n) is 7.58. The number of aromatic nitrogens is 1. The number of anilines is 1. The van der Waals surface area contributed by atoms with Crippen molar-refractivity contribution < 1.29 is 14.3 Å². The molecule has 1 aromatic carbocycles. The number of likely N-dealkylation sites (tertiary alicyclic amines) is 1. The van der Waals surface area contributed by atoms with E-state index in [-0.39, 0.29) is 36.4 Å². The molecule has 0 bridgehead atoms. The summed E-state index contributed by atoms with van der Waals surface area (Å²) in [6.45, 7) is 5.16. The van der Waals surface area contributed by atoms with E-state index in [0.29, 0.717) is 12.3 Å². The summed E-state index contributed by atoms with van der Waals surface area (Å²) in [7, 11) is 0. The molecule has 2 fully saturated rings. The molecule has 2 aliphatic heterocycles. The van der Waals surface area contributed by atoms with E-state index < -0.39 is 0 Å². The molecule has 29 heavy (non-hydrogen) atoms. The lowest BCUT2D eigenvalue weighted by molar-refractivity contribution is -0.119. The highest BCUT2D eigenvalue weighted by Gasteiger charge is 2.36. The summed E-state index contributed by atoms with van der Waals surface area (Å²) in [6, 6.07) is 7.46. The zero-order chi connectivity index (χ0) is 19.5. The van der Waals surface area contributed by atoms with Crippen LogP contribution in [0.25, 0.3) is 10.9 Å². The van der Waals surface area contributed by atoms with Crippen molar-refractivity contribution >= 4 is 40.9 Å². The standard InChI is InChI=1S/C21H28N4O3.ClH/c1-2-28-21(27)17-13-14-12-15(6-7-16(14)24-17)23-20(26)19-18(8-9-22-19)25-10-4-3-5-11-25;/h6-7,12-13,18-19,22,24H,2-5,8-11H2,1H3,(H,23,26);1H/t18-,19+;/m1./s1. The van der Waals surface area contributed by atoms with Crippen molar-refractivity contribution in [3.8, 4) is 0 Å². The van der Waals surface area contributed by atoms with Crippen LogP contribution in [0.3, 0.4) is 0 Å². The molecule has 0 aliphatic carbocycles. The Morgan fingerprint density at radius 2 is 2.00 bits per heavy atom. The normalized spacial score (nSPS) is 22.2. The first-order chi connectivity index (χ1) is 13.7. The maximum Gasteiger partial charge on any atom is 0.354 e. The van der Waals surface area contributed by atoms with Crippen LogP contribution in [0, 0.1) is 0 Å². The molecular weight excluding hydrogens is 392 g/mol. The first-order valence-corrected chi connectivity index (χ1v) is 10.2. The highest BCUT2D eigenvalue weighted by atomic mass is 35.5. The molecule has 3 N–H and O–H groups in total. The SMILES string of the molecule is CCOC(=O)c1cc2cc(NC(=O)[C@H]3NCC[C@H]3N3CCCCC3)ccc2[nH]1.Cl. The van der Waals surface area contributed by atoms with Gasteiger partial charge in [0.2, 0.25) is 5.91 Å². The minimum atomic E-state index is -0.371. The number of ether oxygens (including phenoxy) is 1. The summed E-state index contributed by atoms with van der Waals surface area (Å²) in [5.41, 5.74) is 1.99. The number of hydrogen-bond donors (Lipinski definition) is 3. The molecule has 158 valence electrons. The number of rotatable bonds is 5. The molecule has 0 radical (unpaired) electrons. The molecule has 1 aromatic heterocycles. The predicted octanol–water partition coefficient (Wildman–Crippen LogP) is 2.92. The molecule has 0 spiro atoms. The van der Waals surface area contributed by atoms with Crippen molar-refractivity contribution in [3.05, 3.63) is 30.0 Å². The molecule has 0 saturated carbocycles. The molecule has 8 heteroatoms. The molecule has 7 nitrogen and oxygen atoms in total. The van der Waals surface area contributed by atoms with Crippen LogP contribution >= 0.6 is 12.4 Å². The molecule has 2 aromatic rings. The van der Waals surface area contributed by atoms with Crippen LogP contribution in [0.2, 0.25) is 0 Å². The van der Waals surface area contributed by atoms with E-state index >= 15 is 0 Å². The fourth-order valence-electron chi connectivity index (χ4n) is 4.35. The maximum atomic E-state index is 12.9. The number of nitrogens with one attached hydrogen (secondary N) is 3. The van der Waals surface area contributed by atoms with Gasteiger partial charge < -0.3 is 20.4 Å². The van der Waals surface area contributed by atoms with E-state index in [1.54, 1.807) is 13.0 Å². The Morgan fingerprint density at radius 3 is 2.76 bits per heavy atom. The van der Waals surface area contributed by atoms with Gasteiger partial charge in [-0.3, -0.25) is 9.69 Å². The first kappa shape index (κ1) is 21.6. The Balaban J connectivity index is 0.00000240. The van der Waals surface area contributed by atoms with Gasteiger partial charge in [0.1, 0.15) is 11.7 Å². The van der Waals surface area contributed by atoms with Crippen molar-refractivity contribution in [2.45, 2.75) is 44.7 Å². The van der Waals surface area contributed by atoms with Crippen LogP contribution in [-0.4, -0.2) is 60.1 Å². The summed E-state index contributed by atoms with van der Waals surface area (Å²) in [5, 5.41) is 7.29. The number of benzene rings is 1. The van der Waals surface area contributed by atoms with Gasteiger partial charge >= 0.3 is 5.97 Å². The largest absolute Gasteiger partial charge is 0.461 e. The zero-order valence-corrected chi connectivity index (χ0v) is 17.5. The Kier molecular flexibility index (Phi) is 7.16. The molecule has 0 unspecified atom stereocenters. The second-order valence-corrected chi connectivity index (χ2v) is 7.58. The molecule has 1 amide bonds. The van der Waals surface area contributed by atoms with Gasteiger partial charge in [0.05, 0.1) is 6.61 Å². The molecular formula is C21H29ClN4O3. The highest BCUT2D eigenvalue weighted by Crippen LogP contribution is 2.23. The van der Waals surface area contributed by atoms with Gasteiger partial charge in [-0.05, 0) is 70.1 Å². The second kappa shape index (κ2) is 9.61.